The number of anilines is 1. The standard InChI is InChI=1S/C14H12F2N2O2/c1-8(9-2-4-10(15)5-3-9)18-13-12(14(19)20)6-11(16)7-17-13/h2-8H,1H3,(H,17,18)(H,19,20). The number of aromatic carboxylic acids is 1. The van der Waals surface area contributed by atoms with E-state index in [-0.39, 0.29) is 23.2 Å². The van der Waals surface area contributed by atoms with E-state index >= 15 is 0 Å². The Bertz CT molecular complexity index is 630. The van der Waals surface area contributed by atoms with Crippen LogP contribution in [-0.2, 0) is 0 Å². The van der Waals surface area contributed by atoms with Gasteiger partial charge in [0.15, 0.2) is 0 Å². The monoisotopic (exact) mass is 278 g/mol. The average molecular weight is 278 g/mol. The molecule has 0 bridgehead atoms. The molecule has 1 aromatic carbocycles. The maximum Gasteiger partial charge on any atom is 0.339 e. The number of aromatic nitrogens is 1. The minimum Gasteiger partial charge on any atom is -0.478 e. The molecule has 0 saturated carbocycles. The zero-order valence-corrected chi connectivity index (χ0v) is 10.6. The number of hydrogen-bond acceptors (Lipinski definition) is 3. The average Bonchev–Trinajstić information content (AvgIpc) is 2.41. The number of pyridine rings is 1. The number of benzene rings is 1. The van der Waals surface area contributed by atoms with Gasteiger partial charge < -0.3 is 10.4 Å². The van der Waals surface area contributed by atoms with Crippen LogP contribution in [0.5, 0.6) is 0 Å². The Morgan fingerprint density at radius 1 is 1.25 bits per heavy atom. The number of hydrogen-bond donors (Lipinski definition) is 2. The van der Waals surface area contributed by atoms with Gasteiger partial charge in [-0.25, -0.2) is 18.6 Å². The Labute approximate surface area is 114 Å². The molecule has 0 radical (unpaired) electrons. The number of halogens is 2. The third-order valence-corrected chi connectivity index (χ3v) is 2.81. The quantitative estimate of drug-likeness (QED) is 0.901. The third kappa shape index (κ3) is 3.09. The molecular weight excluding hydrogens is 266 g/mol. The van der Waals surface area contributed by atoms with Crippen molar-refractivity contribution in [3.05, 3.63) is 59.3 Å². The molecule has 2 rings (SSSR count). The summed E-state index contributed by atoms with van der Waals surface area (Å²) in [6, 6.07) is 6.38. The van der Waals surface area contributed by atoms with Gasteiger partial charge in [0, 0.05) is 6.04 Å². The Hall–Kier alpha value is -2.50. The van der Waals surface area contributed by atoms with Crippen LogP contribution >= 0.6 is 0 Å². The molecule has 0 aliphatic carbocycles. The summed E-state index contributed by atoms with van der Waals surface area (Å²) >= 11 is 0. The number of carboxylic acid groups (broad SMARTS) is 1. The van der Waals surface area contributed by atoms with E-state index in [1.165, 1.54) is 12.1 Å². The Kier molecular flexibility index (Phi) is 3.93. The molecule has 0 aliphatic heterocycles. The summed E-state index contributed by atoms with van der Waals surface area (Å²) in [5.74, 6) is -2.28. The fourth-order valence-electron chi connectivity index (χ4n) is 1.76. The van der Waals surface area contributed by atoms with Crippen LogP contribution in [0.1, 0.15) is 28.9 Å². The molecule has 4 nitrogen and oxygen atoms in total. The summed E-state index contributed by atoms with van der Waals surface area (Å²) in [5, 5.41) is 11.9. The van der Waals surface area contributed by atoms with Crippen molar-refractivity contribution in [3.63, 3.8) is 0 Å². The second-order valence-electron chi connectivity index (χ2n) is 4.27. The molecule has 1 aromatic heterocycles. The molecule has 104 valence electrons. The smallest absolute Gasteiger partial charge is 0.339 e. The Morgan fingerprint density at radius 3 is 2.50 bits per heavy atom. The zero-order valence-electron chi connectivity index (χ0n) is 10.6. The molecule has 1 atom stereocenters. The molecule has 2 N–H and O–H groups in total. The largest absolute Gasteiger partial charge is 0.478 e. The highest BCUT2D eigenvalue weighted by Gasteiger charge is 2.15. The van der Waals surface area contributed by atoms with Crippen LogP contribution < -0.4 is 5.32 Å². The van der Waals surface area contributed by atoms with Crippen LogP contribution in [0.25, 0.3) is 0 Å². The molecule has 1 heterocycles. The normalized spacial score (nSPS) is 11.9. The molecule has 6 heteroatoms. The number of nitrogens with zero attached hydrogens (tertiary/aromatic N) is 1. The van der Waals surface area contributed by atoms with Gasteiger partial charge in [-0.05, 0) is 30.7 Å². The lowest BCUT2D eigenvalue weighted by atomic mass is 10.1. The van der Waals surface area contributed by atoms with Crippen molar-refractivity contribution in [3.8, 4) is 0 Å². The van der Waals surface area contributed by atoms with Gasteiger partial charge in [-0.3, -0.25) is 0 Å². The van der Waals surface area contributed by atoms with Crippen LogP contribution in [0.15, 0.2) is 36.5 Å². The lowest BCUT2D eigenvalue weighted by Gasteiger charge is -2.16. The number of rotatable bonds is 4. The fourth-order valence-corrected chi connectivity index (χ4v) is 1.76. The molecule has 0 spiro atoms. The molecule has 0 aliphatic rings. The molecule has 1 unspecified atom stereocenters. The van der Waals surface area contributed by atoms with Gasteiger partial charge in [-0.1, -0.05) is 12.1 Å². The topological polar surface area (TPSA) is 62.2 Å². The van der Waals surface area contributed by atoms with Crippen LogP contribution in [-0.4, -0.2) is 16.1 Å². The van der Waals surface area contributed by atoms with E-state index in [0.717, 1.165) is 17.8 Å². The first-order valence-corrected chi connectivity index (χ1v) is 5.88. The molecule has 20 heavy (non-hydrogen) atoms. The second kappa shape index (κ2) is 5.64. The predicted molar refractivity (Wildman–Crippen MR) is 69.6 cm³/mol. The fraction of sp³-hybridized carbons (Fsp3) is 0.143. The zero-order chi connectivity index (χ0) is 14.7. The van der Waals surface area contributed by atoms with E-state index in [2.05, 4.69) is 10.3 Å². The summed E-state index contributed by atoms with van der Waals surface area (Å²) in [6.07, 6.45) is 0.937. The number of carbonyl (C=O) groups is 1. The van der Waals surface area contributed by atoms with Crippen molar-refractivity contribution in [2.45, 2.75) is 13.0 Å². The van der Waals surface area contributed by atoms with Crippen LogP contribution in [0, 0.1) is 11.6 Å². The Balaban J connectivity index is 2.25. The summed E-state index contributed by atoms with van der Waals surface area (Å²) in [6.45, 7) is 1.77. The highest BCUT2D eigenvalue weighted by atomic mass is 19.1. The second-order valence-corrected chi connectivity index (χ2v) is 4.27. The Morgan fingerprint density at radius 2 is 1.90 bits per heavy atom. The number of nitrogens with one attached hydrogen (secondary N) is 1. The van der Waals surface area contributed by atoms with E-state index in [1.807, 2.05) is 0 Å². The molecule has 2 aromatic rings. The predicted octanol–water partition coefficient (Wildman–Crippen LogP) is 3.23. The van der Waals surface area contributed by atoms with Gasteiger partial charge in [0.25, 0.3) is 0 Å². The summed E-state index contributed by atoms with van der Waals surface area (Å²) in [4.78, 5) is 14.8. The highest BCUT2D eigenvalue weighted by molar-refractivity contribution is 5.93. The van der Waals surface area contributed by atoms with Crippen molar-refractivity contribution in [1.29, 1.82) is 0 Å². The number of carboxylic acids is 1. The van der Waals surface area contributed by atoms with E-state index in [0.29, 0.717) is 0 Å². The van der Waals surface area contributed by atoms with Crippen LogP contribution in [0.3, 0.4) is 0 Å². The first-order chi connectivity index (χ1) is 9.47. The first kappa shape index (κ1) is 13.9. The van der Waals surface area contributed by atoms with E-state index in [4.69, 9.17) is 5.11 Å². The van der Waals surface area contributed by atoms with Crippen molar-refractivity contribution >= 4 is 11.8 Å². The minimum absolute atomic E-state index is 0.0655. The summed E-state index contributed by atoms with van der Waals surface area (Å²) in [7, 11) is 0. The first-order valence-electron chi connectivity index (χ1n) is 5.88. The van der Waals surface area contributed by atoms with Gasteiger partial charge in [-0.15, -0.1) is 0 Å². The van der Waals surface area contributed by atoms with Gasteiger partial charge in [0.2, 0.25) is 0 Å². The van der Waals surface area contributed by atoms with E-state index < -0.39 is 11.8 Å². The highest BCUT2D eigenvalue weighted by Crippen LogP contribution is 2.21. The minimum atomic E-state index is -1.27. The molecular formula is C14H12F2N2O2. The van der Waals surface area contributed by atoms with Crippen molar-refractivity contribution in [1.82, 2.24) is 4.98 Å². The van der Waals surface area contributed by atoms with Crippen molar-refractivity contribution < 1.29 is 18.7 Å². The molecule has 0 fully saturated rings. The van der Waals surface area contributed by atoms with Crippen LogP contribution in [0.4, 0.5) is 14.6 Å². The van der Waals surface area contributed by atoms with Crippen molar-refractivity contribution in [2.75, 3.05) is 5.32 Å². The maximum atomic E-state index is 13.0. The van der Waals surface area contributed by atoms with Gasteiger partial charge in [-0.2, -0.15) is 0 Å². The van der Waals surface area contributed by atoms with Gasteiger partial charge in [0.1, 0.15) is 23.0 Å². The van der Waals surface area contributed by atoms with Crippen LogP contribution in [0.2, 0.25) is 0 Å². The third-order valence-electron chi connectivity index (χ3n) is 2.81. The molecule has 0 amide bonds. The maximum absolute atomic E-state index is 13.0. The lowest BCUT2D eigenvalue weighted by molar-refractivity contribution is 0.0697. The summed E-state index contributed by atoms with van der Waals surface area (Å²) < 4.78 is 25.9. The van der Waals surface area contributed by atoms with Gasteiger partial charge in [0.05, 0.1) is 6.20 Å². The van der Waals surface area contributed by atoms with Crippen molar-refractivity contribution in [2.24, 2.45) is 0 Å². The lowest BCUT2D eigenvalue weighted by Crippen LogP contribution is -2.12. The SMILES string of the molecule is CC(Nc1ncc(F)cc1C(=O)O)c1ccc(F)cc1. The van der Waals surface area contributed by atoms with Gasteiger partial charge >= 0.3 is 5.97 Å². The summed E-state index contributed by atoms with van der Waals surface area (Å²) in [5.41, 5.74) is 0.507. The van der Waals surface area contributed by atoms with E-state index in [1.54, 1.807) is 19.1 Å². The molecule has 0 saturated heterocycles. The van der Waals surface area contributed by atoms with E-state index in [9.17, 15) is 13.6 Å².